The maximum absolute atomic E-state index is 12.5. The number of aryl methyl sites for hydroxylation is 1. The maximum atomic E-state index is 12.5. The van der Waals surface area contributed by atoms with Gasteiger partial charge >= 0.3 is 0 Å². The summed E-state index contributed by atoms with van der Waals surface area (Å²) >= 11 is 11.7. The molecule has 3 rings (SSSR count). The summed E-state index contributed by atoms with van der Waals surface area (Å²) in [6.07, 6.45) is 1.81. The van der Waals surface area contributed by atoms with Crippen LogP contribution in [0.2, 0.25) is 10.0 Å². The lowest BCUT2D eigenvalue weighted by Gasteiger charge is -2.10. The van der Waals surface area contributed by atoms with Crippen molar-refractivity contribution in [2.75, 3.05) is 4.72 Å². The first-order chi connectivity index (χ1) is 10.3. The second-order valence-electron chi connectivity index (χ2n) is 4.95. The van der Waals surface area contributed by atoms with Crippen molar-refractivity contribution in [3.8, 4) is 0 Å². The Morgan fingerprint density at radius 2 is 1.73 bits per heavy atom. The zero-order valence-electron chi connectivity index (χ0n) is 11.5. The predicted octanol–water partition coefficient (Wildman–Crippen LogP) is 4.58. The Labute approximate surface area is 138 Å². The fourth-order valence-electron chi connectivity index (χ4n) is 2.31. The van der Waals surface area contributed by atoms with Crippen LogP contribution in [0.3, 0.4) is 0 Å². The van der Waals surface area contributed by atoms with Crippen LogP contribution < -0.4 is 4.72 Å². The highest BCUT2D eigenvalue weighted by Gasteiger charge is 2.16. The zero-order valence-corrected chi connectivity index (χ0v) is 13.9. The number of hydrogen-bond donors (Lipinski definition) is 2. The van der Waals surface area contributed by atoms with Crippen LogP contribution in [0.1, 0.15) is 5.56 Å². The SMILES string of the molecule is Cc1cc(NS(=O)(=O)c2cc(Cl)cc(Cl)c2)cc2cc[nH]c12. The largest absolute Gasteiger partial charge is 0.361 e. The van der Waals surface area contributed by atoms with Crippen molar-refractivity contribution in [1.29, 1.82) is 0 Å². The van der Waals surface area contributed by atoms with Crippen molar-refractivity contribution in [3.63, 3.8) is 0 Å². The summed E-state index contributed by atoms with van der Waals surface area (Å²) in [7, 11) is -3.76. The first-order valence-electron chi connectivity index (χ1n) is 6.42. The number of H-pyrrole nitrogens is 1. The lowest BCUT2D eigenvalue weighted by molar-refractivity contribution is 0.601. The molecule has 2 aromatic carbocycles. The molecule has 114 valence electrons. The molecule has 0 amide bonds. The van der Waals surface area contributed by atoms with E-state index in [4.69, 9.17) is 23.2 Å². The van der Waals surface area contributed by atoms with Gasteiger partial charge in [-0.25, -0.2) is 8.42 Å². The summed E-state index contributed by atoms with van der Waals surface area (Å²) in [5.74, 6) is 0. The molecule has 7 heteroatoms. The molecule has 22 heavy (non-hydrogen) atoms. The Bertz CT molecular complexity index is 945. The molecule has 4 nitrogen and oxygen atoms in total. The normalized spacial score (nSPS) is 11.8. The number of sulfonamides is 1. The molecule has 2 N–H and O–H groups in total. The average Bonchev–Trinajstić information content (AvgIpc) is 2.85. The van der Waals surface area contributed by atoms with Crippen molar-refractivity contribution in [1.82, 2.24) is 4.98 Å². The Balaban J connectivity index is 2.02. The standard InChI is InChI=1S/C15H12Cl2N2O2S/c1-9-4-13(5-10-2-3-18-15(9)10)19-22(20,21)14-7-11(16)6-12(17)8-14/h2-8,18-19H,1H3. The van der Waals surface area contributed by atoms with E-state index in [1.54, 1.807) is 12.1 Å². The average molecular weight is 355 g/mol. The van der Waals surface area contributed by atoms with Gasteiger partial charge in [-0.15, -0.1) is 0 Å². The Morgan fingerprint density at radius 1 is 1.05 bits per heavy atom. The van der Waals surface area contributed by atoms with E-state index in [0.29, 0.717) is 5.69 Å². The third kappa shape index (κ3) is 2.92. The molecule has 1 heterocycles. The highest BCUT2D eigenvalue weighted by Crippen LogP contribution is 2.27. The molecule has 0 fully saturated rings. The van der Waals surface area contributed by atoms with Crippen molar-refractivity contribution in [3.05, 3.63) is 58.2 Å². The molecule has 0 aliphatic carbocycles. The van der Waals surface area contributed by atoms with E-state index < -0.39 is 10.0 Å². The lowest BCUT2D eigenvalue weighted by Crippen LogP contribution is -2.13. The number of aromatic nitrogens is 1. The van der Waals surface area contributed by atoms with Crippen molar-refractivity contribution in [2.24, 2.45) is 0 Å². The second-order valence-corrected chi connectivity index (χ2v) is 7.50. The number of hydrogen-bond acceptors (Lipinski definition) is 2. The minimum atomic E-state index is -3.76. The second kappa shape index (κ2) is 5.50. The van der Waals surface area contributed by atoms with Crippen LogP contribution in [0.25, 0.3) is 10.9 Å². The van der Waals surface area contributed by atoms with Crippen LogP contribution in [0.15, 0.2) is 47.5 Å². The Kier molecular flexibility index (Phi) is 3.80. The van der Waals surface area contributed by atoms with Gasteiger partial charge in [-0.3, -0.25) is 4.72 Å². The van der Waals surface area contributed by atoms with Crippen molar-refractivity contribution < 1.29 is 8.42 Å². The van der Waals surface area contributed by atoms with Crippen LogP contribution in [0.4, 0.5) is 5.69 Å². The van der Waals surface area contributed by atoms with Gasteiger partial charge < -0.3 is 4.98 Å². The summed E-state index contributed by atoms with van der Waals surface area (Å²) in [4.78, 5) is 3.14. The number of nitrogens with one attached hydrogen (secondary N) is 2. The predicted molar refractivity (Wildman–Crippen MR) is 90.3 cm³/mol. The fourth-order valence-corrected chi connectivity index (χ4v) is 4.08. The van der Waals surface area contributed by atoms with Crippen LogP contribution in [0, 0.1) is 6.92 Å². The third-order valence-electron chi connectivity index (χ3n) is 3.26. The molecule has 0 unspecified atom stereocenters. The Hall–Kier alpha value is -1.69. The molecule has 0 spiro atoms. The summed E-state index contributed by atoms with van der Waals surface area (Å²) in [6, 6.07) is 9.62. The lowest BCUT2D eigenvalue weighted by atomic mass is 10.1. The van der Waals surface area contributed by atoms with Gasteiger partial charge in [0, 0.05) is 32.8 Å². The van der Waals surface area contributed by atoms with E-state index in [2.05, 4.69) is 9.71 Å². The smallest absolute Gasteiger partial charge is 0.261 e. The van der Waals surface area contributed by atoms with Crippen LogP contribution in [-0.2, 0) is 10.0 Å². The third-order valence-corrected chi connectivity index (χ3v) is 5.05. The number of fused-ring (bicyclic) bond motifs is 1. The highest BCUT2D eigenvalue weighted by atomic mass is 35.5. The van der Waals surface area contributed by atoms with Gasteiger partial charge in [-0.2, -0.15) is 0 Å². The van der Waals surface area contributed by atoms with Crippen LogP contribution in [0.5, 0.6) is 0 Å². The van der Waals surface area contributed by atoms with E-state index in [0.717, 1.165) is 16.5 Å². The summed E-state index contributed by atoms with van der Waals surface area (Å²) in [5.41, 5.74) is 2.42. The van der Waals surface area contributed by atoms with E-state index >= 15 is 0 Å². The van der Waals surface area contributed by atoms with Gasteiger partial charge in [-0.05, 0) is 48.9 Å². The molecule has 0 aliphatic rings. The quantitative estimate of drug-likeness (QED) is 0.722. The van der Waals surface area contributed by atoms with Crippen molar-refractivity contribution in [2.45, 2.75) is 11.8 Å². The highest BCUT2D eigenvalue weighted by molar-refractivity contribution is 7.92. The minimum absolute atomic E-state index is 0.0248. The summed E-state index contributed by atoms with van der Waals surface area (Å²) < 4.78 is 27.5. The minimum Gasteiger partial charge on any atom is -0.361 e. The zero-order chi connectivity index (χ0) is 15.9. The maximum Gasteiger partial charge on any atom is 0.261 e. The van der Waals surface area contributed by atoms with Crippen LogP contribution in [-0.4, -0.2) is 13.4 Å². The first-order valence-corrected chi connectivity index (χ1v) is 8.66. The van der Waals surface area contributed by atoms with Crippen molar-refractivity contribution >= 4 is 49.8 Å². The monoisotopic (exact) mass is 354 g/mol. The fraction of sp³-hybridized carbons (Fsp3) is 0.0667. The number of benzene rings is 2. The van der Waals surface area contributed by atoms with Gasteiger partial charge in [0.15, 0.2) is 0 Å². The molecule has 0 saturated carbocycles. The van der Waals surface area contributed by atoms with Gasteiger partial charge in [0.1, 0.15) is 0 Å². The summed E-state index contributed by atoms with van der Waals surface area (Å²) in [6.45, 7) is 1.91. The van der Waals surface area contributed by atoms with Gasteiger partial charge in [0.05, 0.1) is 4.90 Å². The van der Waals surface area contributed by atoms with Gasteiger partial charge in [-0.1, -0.05) is 23.2 Å². The molecule has 3 aromatic rings. The van der Waals surface area contributed by atoms with E-state index in [1.165, 1.54) is 18.2 Å². The number of rotatable bonds is 3. The van der Waals surface area contributed by atoms with E-state index in [-0.39, 0.29) is 14.9 Å². The number of aromatic amines is 1. The molecule has 0 radical (unpaired) electrons. The molecule has 0 atom stereocenters. The van der Waals surface area contributed by atoms with E-state index in [9.17, 15) is 8.42 Å². The van der Waals surface area contributed by atoms with Gasteiger partial charge in [0.25, 0.3) is 10.0 Å². The molecule has 0 bridgehead atoms. The van der Waals surface area contributed by atoms with Gasteiger partial charge in [0.2, 0.25) is 0 Å². The molecule has 1 aromatic heterocycles. The van der Waals surface area contributed by atoms with Crippen LogP contribution >= 0.6 is 23.2 Å². The number of anilines is 1. The molecular formula is C15H12Cl2N2O2S. The summed E-state index contributed by atoms with van der Waals surface area (Å²) in [5, 5.41) is 1.47. The topological polar surface area (TPSA) is 62.0 Å². The molecule has 0 saturated heterocycles. The first kappa shape index (κ1) is 15.2. The van der Waals surface area contributed by atoms with E-state index in [1.807, 2.05) is 19.2 Å². The molecule has 0 aliphatic heterocycles. The Morgan fingerprint density at radius 3 is 2.41 bits per heavy atom. The molecular weight excluding hydrogens is 343 g/mol. The number of halogens is 2.